The average Bonchev–Trinajstić information content (AvgIpc) is 2.87. The van der Waals surface area contributed by atoms with E-state index < -0.39 is 6.04 Å². The highest BCUT2D eigenvalue weighted by Gasteiger charge is 2.30. The van der Waals surface area contributed by atoms with E-state index in [1.54, 1.807) is 18.2 Å². The van der Waals surface area contributed by atoms with Crippen LogP contribution >= 0.6 is 34.8 Å². The quantitative estimate of drug-likeness (QED) is 0.546. The first-order chi connectivity index (χ1) is 15.3. The molecule has 3 N–H and O–H groups in total. The molecule has 3 rings (SSSR count). The summed E-state index contributed by atoms with van der Waals surface area (Å²) in [6.07, 6.45) is 0.702. The minimum absolute atomic E-state index is 0.0234. The standard InChI is InChI=1S/C23H27Cl3N4O2/c1-14-7-15(9-17(24)8-14)13-30-6-5-18(29-21(12-27-2)23(30)32)11-28-22(31)16-3-4-19(25)20(26)10-16/h3-4,7-10,18,21,27,29H,5-6,11-13H2,1-2H3,(H,28,31). The van der Waals surface area contributed by atoms with E-state index in [1.807, 2.05) is 37.1 Å². The van der Waals surface area contributed by atoms with Crippen LogP contribution in [0.1, 0.15) is 27.9 Å². The highest BCUT2D eigenvalue weighted by atomic mass is 35.5. The fourth-order valence-corrected chi connectivity index (χ4v) is 4.44. The lowest BCUT2D eigenvalue weighted by Gasteiger charge is -2.25. The molecule has 0 radical (unpaired) electrons. The summed E-state index contributed by atoms with van der Waals surface area (Å²) in [7, 11) is 1.81. The van der Waals surface area contributed by atoms with Crippen LogP contribution in [0.15, 0.2) is 36.4 Å². The normalized spacial score (nSPS) is 19.0. The molecule has 0 aromatic heterocycles. The van der Waals surface area contributed by atoms with Crippen molar-refractivity contribution in [2.75, 3.05) is 26.7 Å². The van der Waals surface area contributed by atoms with Crippen molar-refractivity contribution in [1.82, 2.24) is 20.9 Å². The number of amides is 2. The monoisotopic (exact) mass is 496 g/mol. The molecular weight excluding hydrogens is 471 g/mol. The predicted molar refractivity (Wildman–Crippen MR) is 130 cm³/mol. The molecule has 1 aliphatic rings. The van der Waals surface area contributed by atoms with Crippen LogP contribution in [0.2, 0.25) is 15.1 Å². The van der Waals surface area contributed by atoms with Crippen molar-refractivity contribution in [3.63, 3.8) is 0 Å². The van der Waals surface area contributed by atoms with Gasteiger partial charge in [0.1, 0.15) is 0 Å². The molecule has 0 aliphatic carbocycles. The summed E-state index contributed by atoms with van der Waals surface area (Å²) >= 11 is 18.1. The number of benzene rings is 2. The van der Waals surface area contributed by atoms with Gasteiger partial charge < -0.3 is 20.9 Å². The molecule has 1 aliphatic heterocycles. The van der Waals surface area contributed by atoms with Crippen LogP contribution in [0.25, 0.3) is 0 Å². The van der Waals surface area contributed by atoms with Crippen LogP contribution < -0.4 is 16.0 Å². The number of nitrogens with one attached hydrogen (secondary N) is 3. The van der Waals surface area contributed by atoms with Crippen molar-refractivity contribution >= 4 is 46.6 Å². The van der Waals surface area contributed by atoms with E-state index in [4.69, 9.17) is 34.8 Å². The number of carbonyl (C=O) groups is 2. The first-order valence-electron chi connectivity index (χ1n) is 10.5. The summed E-state index contributed by atoms with van der Waals surface area (Å²) < 4.78 is 0. The van der Waals surface area contributed by atoms with Gasteiger partial charge in [-0.15, -0.1) is 0 Å². The summed E-state index contributed by atoms with van der Waals surface area (Å²) in [4.78, 5) is 27.5. The fourth-order valence-electron chi connectivity index (χ4n) is 3.83. The Morgan fingerprint density at radius 1 is 1.12 bits per heavy atom. The van der Waals surface area contributed by atoms with Crippen molar-refractivity contribution < 1.29 is 9.59 Å². The fraction of sp³-hybridized carbons (Fsp3) is 0.391. The first-order valence-corrected chi connectivity index (χ1v) is 11.6. The number of nitrogens with zero attached hydrogens (tertiary/aromatic N) is 1. The van der Waals surface area contributed by atoms with Gasteiger partial charge in [-0.05, 0) is 61.9 Å². The lowest BCUT2D eigenvalue weighted by molar-refractivity contribution is -0.133. The number of likely N-dealkylation sites (N-methyl/N-ethyl adjacent to an activating group) is 1. The molecule has 9 heteroatoms. The number of rotatable bonds is 7. The molecule has 1 fully saturated rings. The topological polar surface area (TPSA) is 73.5 Å². The maximum Gasteiger partial charge on any atom is 0.251 e. The number of hydrogen-bond acceptors (Lipinski definition) is 4. The smallest absolute Gasteiger partial charge is 0.251 e. The van der Waals surface area contributed by atoms with Crippen LogP contribution in [0.4, 0.5) is 0 Å². The third-order valence-electron chi connectivity index (χ3n) is 5.37. The van der Waals surface area contributed by atoms with E-state index in [1.165, 1.54) is 0 Å². The van der Waals surface area contributed by atoms with Gasteiger partial charge in [-0.25, -0.2) is 0 Å². The van der Waals surface area contributed by atoms with Gasteiger partial charge in [0.15, 0.2) is 0 Å². The second-order valence-corrected chi connectivity index (χ2v) is 9.25. The van der Waals surface area contributed by atoms with Gasteiger partial charge >= 0.3 is 0 Å². The SMILES string of the molecule is CNCC1NC(CNC(=O)c2ccc(Cl)c(Cl)c2)CCN(Cc2cc(C)cc(Cl)c2)C1=O. The largest absolute Gasteiger partial charge is 0.350 e. The van der Waals surface area contributed by atoms with Gasteiger partial charge in [0.2, 0.25) is 5.91 Å². The molecule has 6 nitrogen and oxygen atoms in total. The lowest BCUT2D eigenvalue weighted by Crippen LogP contribution is -2.52. The predicted octanol–water partition coefficient (Wildman–Crippen LogP) is 3.66. The summed E-state index contributed by atoms with van der Waals surface area (Å²) in [5, 5.41) is 10.8. The Hall–Kier alpha value is -1.83. The van der Waals surface area contributed by atoms with Crippen LogP contribution in [0.3, 0.4) is 0 Å². The Morgan fingerprint density at radius 3 is 2.59 bits per heavy atom. The molecule has 0 spiro atoms. The van der Waals surface area contributed by atoms with E-state index in [2.05, 4.69) is 16.0 Å². The van der Waals surface area contributed by atoms with Crippen molar-refractivity contribution in [3.05, 3.63) is 68.2 Å². The minimum atomic E-state index is -0.394. The highest BCUT2D eigenvalue weighted by Crippen LogP contribution is 2.22. The molecule has 0 bridgehead atoms. The molecule has 1 saturated heterocycles. The average molecular weight is 498 g/mol. The maximum absolute atomic E-state index is 13.2. The number of hydrogen-bond donors (Lipinski definition) is 3. The van der Waals surface area contributed by atoms with Crippen LogP contribution in [-0.4, -0.2) is 55.5 Å². The van der Waals surface area contributed by atoms with Crippen molar-refractivity contribution in [1.29, 1.82) is 0 Å². The number of aryl methyl sites for hydroxylation is 1. The second kappa shape index (κ2) is 11.3. The second-order valence-electron chi connectivity index (χ2n) is 8.00. The van der Waals surface area contributed by atoms with E-state index >= 15 is 0 Å². The lowest BCUT2D eigenvalue weighted by atomic mass is 10.1. The van der Waals surface area contributed by atoms with E-state index in [9.17, 15) is 9.59 Å². The van der Waals surface area contributed by atoms with Crippen LogP contribution in [0, 0.1) is 6.92 Å². The molecule has 2 unspecified atom stereocenters. The van der Waals surface area contributed by atoms with E-state index in [0.717, 1.165) is 11.1 Å². The van der Waals surface area contributed by atoms with Crippen molar-refractivity contribution in [3.8, 4) is 0 Å². The molecule has 2 aromatic rings. The van der Waals surface area contributed by atoms with Crippen LogP contribution in [0.5, 0.6) is 0 Å². The molecular formula is C23H27Cl3N4O2. The minimum Gasteiger partial charge on any atom is -0.350 e. The van der Waals surface area contributed by atoms with Gasteiger partial charge in [0, 0.05) is 42.8 Å². The van der Waals surface area contributed by atoms with E-state index in [0.29, 0.717) is 53.2 Å². The van der Waals surface area contributed by atoms with Crippen molar-refractivity contribution in [2.45, 2.75) is 32.0 Å². The summed E-state index contributed by atoms with van der Waals surface area (Å²) in [5.74, 6) is -0.215. The highest BCUT2D eigenvalue weighted by molar-refractivity contribution is 6.42. The molecule has 2 amide bonds. The molecule has 2 aromatic carbocycles. The van der Waals surface area contributed by atoms with Gasteiger partial charge in [0.05, 0.1) is 16.1 Å². The van der Waals surface area contributed by atoms with Gasteiger partial charge in [-0.3, -0.25) is 9.59 Å². The Kier molecular flexibility index (Phi) is 8.79. The molecule has 2 atom stereocenters. The molecule has 1 heterocycles. The molecule has 172 valence electrons. The first kappa shape index (κ1) is 24.8. The molecule has 0 saturated carbocycles. The Morgan fingerprint density at radius 2 is 1.91 bits per heavy atom. The van der Waals surface area contributed by atoms with Gasteiger partial charge in [0.25, 0.3) is 5.91 Å². The zero-order valence-electron chi connectivity index (χ0n) is 18.1. The number of halogens is 3. The van der Waals surface area contributed by atoms with Crippen LogP contribution in [-0.2, 0) is 11.3 Å². The third-order valence-corrected chi connectivity index (χ3v) is 6.33. The summed E-state index contributed by atoms with van der Waals surface area (Å²) in [6.45, 7) is 3.92. The van der Waals surface area contributed by atoms with E-state index in [-0.39, 0.29) is 17.9 Å². The Bertz CT molecular complexity index is 965. The maximum atomic E-state index is 13.2. The zero-order chi connectivity index (χ0) is 23.3. The Labute approximate surface area is 203 Å². The summed E-state index contributed by atoms with van der Waals surface area (Å²) in [6, 6.07) is 10.1. The number of carbonyl (C=O) groups excluding carboxylic acids is 2. The Balaban J connectivity index is 1.66. The zero-order valence-corrected chi connectivity index (χ0v) is 20.3. The third kappa shape index (κ3) is 6.59. The van der Waals surface area contributed by atoms with Gasteiger partial charge in [-0.2, -0.15) is 0 Å². The molecule has 32 heavy (non-hydrogen) atoms. The van der Waals surface area contributed by atoms with Gasteiger partial charge in [-0.1, -0.05) is 40.9 Å². The van der Waals surface area contributed by atoms with Crippen molar-refractivity contribution in [2.24, 2.45) is 0 Å². The summed E-state index contributed by atoms with van der Waals surface area (Å²) in [5.41, 5.74) is 2.49.